The number of benzene rings is 1. The van der Waals surface area contributed by atoms with Gasteiger partial charge in [-0.2, -0.15) is 13.2 Å². The molecule has 0 saturated heterocycles. The second-order valence-electron chi connectivity index (χ2n) is 5.93. The first-order valence-electron chi connectivity index (χ1n) is 8.48. The molecule has 9 heteroatoms. The Morgan fingerprint density at radius 3 is 2.63 bits per heavy atom. The van der Waals surface area contributed by atoms with Crippen LogP contribution in [0.5, 0.6) is 0 Å². The number of aliphatic imine (C=N–C) groups is 1. The van der Waals surface area contributed by atoms with Crippen LogP contribution in [0.15, 0.2) is 41.7 Å². The molecule has 0 fully saturated rings. The van der Waals surface area contributed by atoms with Crippen molar-refractivity contribution in [3.63, 3.8) is 0 Å². The van der Waals surface area contributed by atoms with Crippen LogP contribution in [0.25, 0.3) is 0 Å². The summed E-state index contributed by atoms with van der Waals surface area (Å²) in [5.41, 5.74) is -0.0899. The molecule has 1 aromatic heterocycles. The number of nitrogens with one attached hydrogen (secondary N) is 2. The van der Waals surface area contributed by atoms with Crippen LogP contribution < -0.4 is 10.6 Å². The van der Waals surface area contributed by atoms with Crippen molar-refractivity contribution in [1.82, 2.24) is 20.2 Å². The smallest absolute Gasteiger partial charge is 0.356 e. The summed E-state index contributed by atoms with van der Waals surface area (Å²) < 4.78 is 40.3. The predicted octanol–water partition coefficient (Wildman–Crippen LogP) is 3.97. The molecule has 1 aromatic carbocycles. The quantitative estimate of drug-likeness (QED) is 0.265. The minimum atomic E-state index is -4.33. The van der Waals surface area contributed by atoms with Crippen LogP contribution in [0.1, 0.15) is 29.8 Å². The highest BCUT2D eigenvalue weighted by atomic mass is 127. The first-order chi connectivity index (χ1) is 12.4. The van der Waals surface area contributed by atoms with Gasteiger partial charge in [0.1, 0.15) is 5.82 Å². The molecule has 0 aliphatic rings. The van der Waals surface area contributed by atoms with Crippen LogP contribution in [0.3, 0.4) is 0 Å². The molecule has 2 aromatic rings. The zero-order valence-corrected chi connectivity index (χ0v) is 17.7. The van der Waals surface area contributed by atoms with Crippen LogP contribution in [0, 0.1) is 6.92 Å². The molecule has 1 heterocycles. The molecule has 27 heavy (non-hydrogen) atoms. The lowest BCUT2D eigenvalue weighted by atomic mass is 10.1. The highest BCUT2D eigenvalue weighted by molar-refractivity contribution is 14.0. The van der Waals surface area contributed by atoms with Crippen LogP contribution >= 0.6 is 24.0 Å². The maximum atomic E-state index is 12.7. The number of hydrogen-bond donors (Lipinski definition) is 2. The Balaban J connectivity index is 0.00000364. The number of hydrogen-bond acceptors (Lipinski definition) is 2. The number of unbranched alkanes of at least 4 members (excludes halogenated alkanes) is 1. The topological polar surface area (TPSA) is 54.2 Å². The van der Waals surface area contributed by atoms with E-state index in [4.69, 9.17) is 0 Å². The summed E-state index contributed by atoms with van der Waals surface area (Å²) in [5, 5.41) is 6.21. The van der Waals surface area contributed by atoms with Crippen LogP contribution in [0.4, 0.5) is 13.2 Å². The van der Waals surface area contributed by atoms with Gasteiger partial charge in [0.05, 0.1) is 5.56 Å². The molecule has 0 bridgehead atoms. The van der Waals surface area contributed by atoms with Gasteiger partial charge in [0.2, 0.25) is 0 Å². The standard InChI is InChI=1S/C18H24F3N5.HI/c1-14-23-9-11-26(14)10-4-3-8-24-17(22-2)25-13-15-6-5-7-16(12-15)18(19,20)21;/h5-7,9,11-12H,3-4,8,10,13H2,1-2H3,(H2,22,24,25);1H. The molecule has 0 unspecified atom stereocenters. The molecule has 5 nitrogen and oxygen atoms in total. The summed E-state index contributed by atoms with van der Waals surface area (Å²) in [4.78, 5) is 8.27. The van der Waals surface area contributed by atoms with Crippen molar-refractivity contribution in [3.8, 4) is 0 Å². The number of guanidine groups is 1. The monoisotopic (exact) mass is 495 g/mol. The third-order valence-electron chi connectivity index (χ3n) is 3.98. The number of rotatable bonds is 7. The molecule has 0 atom stereocenters. The van der Waals surface area contributed by atoms with Gasteiger partial charge in [-0.05, 0) is 37.5 Å². The van der Waals surface area contributed by atoms with E-state index in [1.807, 2.05) is 13.1 Å². The van der Waals surface area contributed by atoms with E-state index in [0.29, 0.717) is 11.5 Å². The van der Waals surface area contributed by atoms with Crippen LogP contribution in [0.2, 0.25) is 0 Å². The van der Waals surface area contributed by atoms with E-state index >= 15 is 0 Å². The van der Waals surface area contributed by atoms with Crippen molar-refractivity contribution < 1.29 is 13.2 Å². The largest absolute Gasteiger partial charge is 0.416 e. The Labute approximate surface area is 174 Å². The lowest BCUT2D eigenvalue weighted by molar-refractivity contribution is -0.137. The van der Waals surface area contributed by atoms with E-state index in [0.717, 1.165) is 43.9 Å². The molecule has 0 amide bonds. The van der Waals surface area contributed by atoms with Crippen molar-refractivity contribution in [3.05, 3.63) is 53.6 Å². The Hall–Kier alpha value is -1.78. The molecule has 150 valence electrons. The first-order valence-corrected chi connectivity index (χ1v) is 8.48. The zero-order chi connectivity index (χ0) is 19.0. The molecule has 0 aliphatic heterocycles. The molecule has 0 spiro atoms. The van der Waals surface area contributed by atoms with Gasteiger partial charge in [-0.25, -0.2) is 4.98 Å². The maximum Gasteiger partial charge on any atom is 0.416 e. The van der Waals surface area contributed by atoms with E-state index in [-0.39, 0.29) is 30.5 Å². The summed E-state index contributed by atoms with van der Waals surface area (Å²) in [5.74, 6) is 1.57. The first kappa shape index (κ1) is 23.3. The second kappa shape index (κ2) is 11.2. The van der Waals surface area contributed by atoms with Gasteiger partial charge in [0.15, 0.2) is 5.96 Å². The van der Waals surface area contributed by atoms with Crippen molar-refractivity contribution in [1.29, 1.82) is 0 Å². The molecule has 2 N–H and O–H groups in total. The van der Waals surface area contributed by atoms with E-state index in [1.165, 1.54) is 6.07 Å². The SMILES string of the molecule is CN=C(NCCCCn1ccnc1C)NCc1cccc(C(F)(F)F)c1.I. The third-order valence-corrected chi connectivity index (χ3v) is 3.98. The van der Waals surface area contributed by atoms with Gasteiger partial charge in [-0.1, -0.05) is 12.1 Å². The summed E-state index contributed by atoms with van der Waals surface area (Å²) in [6.07, 6.45) is 1.35. The third kappa shape index (κ3) is 7.77. The second-order valence-corrected chi connectivity index (χ2v) is 5.93. The van der Waals surface area contributed by atoms with Crippen molar-refractivity contribution >= 4 is 29.9 Å². The Morgan fingerprint density at radius 2 is 2.00 bits per heavy atom. The van der Waals surface area contributed by atoms with Gasteiger partial charge in [0.25, 0.3) is 0 Å². The molecule has 0 saturated carbocycles. The lowest BCUT2D eigenvalue weighted by Crippen LogP contribution is -2.37. The number of halogens is 4. The molecular weight excluding hydrogens is 470 g/mol. The molecular formula is C18H25F3IN5. The van der Waals surface area contributed by atoms with Gasteiger partial charge in [-0.15, -0.1) is 24.0 Å². The summed E-state index contributed by atoms with van der Waals surface area (Å²) >= 11 is 0. The minimum Gasteiger partial charge on any atom is -0.356 e. The number of alkyl halides is 3. The van der Waals surface area contributed by atoms with E-state index < -0.39 is 11.7 Å². The van der Waals surface area contributed by atoms with Gasteiger partial charge in [0, 0.05) is 39.1 Å². The summed E-state index contributed by atoms with van der Waals surface area (Å²) in [7, 11) is 1.64. The van der Waals surface area contributed by atoms with Gasteiger partial charge in [-0.3, -0.25) is 4.99 Å². The summed E-state index contributed by atoms with van der Waals surface area (Å²) in [6, 6.07) is 5.28. The Kier molecular flexibility index (Phi) is 9.61. The van der Waals surface area contributed by atoms with Gasteiger partial charge < -0.3 is 15.2 Å². The van der Waals surface area contributed by atoms with Crippen LogP contribution in [-0.4, -0.2) is 29.1 Å². The fourth-order valence-electron chi connectivity index (χ4n) is 2.52. The highest BCUT2D eigenvalue weighted by Crippen LogP contribution is 2.29. The molecule has 2 rings (SSSR count). The minimum absolute atomic E-state index is 0. The van der Waals surface area contributed by atoms with E-state index in [2.05, 4.69) is 25.2 Å². The van der Waals surface area contributed by atoms with Gasteiger partial charge >= 0.3 is 6.18 Å². The number of aryl methyl sites for hydroxylation is 2. The maximum absolute atomic E-state index is 12.7. The average molecular weight is 495 g/mol. The fourth-order valence-corrected chi connectivity index (χ4v) is 2.52. The van der Waals surface area contributed by atoms with Crippen molar-refractivity contribution in [2.75, 3.05) is 13.6 Å². The van der Waals surface area contributed by atoms with E-state index in [1.54, 1.807) is 19.3 Å². The lowest BCUT2D eigenvalue weighted by Gasteiger charge is -2.13. The van der Waals surface area contributed by atoms with E-state index in [9.17, 15) is 13.2 Å². The predicted molar refractivity (Wildman–Crippen MR) is 111 cm³/mol. The highest BCUT2D eigenvalue weighted by Gasteiger charge is 2.30. The summed E-state index contributed by atoms with van der Waals surface area (Å²) in [6.45, 7) is 3.88. The Morgan fingerprint density at radius 1 is 1.22 bits per heavy atom. The van der Waals surface area contributed by atoms with Crippen LogP contribution in [-0.2, 0) is 19.3 Å². The number of aromatic nitrogens is 2. The van der Waals surface area contributed by atoms with Crippen molar-refractivity contribution in [2.45, 2.75) is 39.0 Å². The number of nitrogens with zero attached hydrogens (tertiary/aromatic N) is 3. The normalized spacial score (nSPS) is 11.8. The zero-order valence-electron chi connectivity index (χ0n) is 15.4. The fraction of sp³-hybridized carbons (Fsp3) is 0.444. The number of imidazole rings is 1. The Bertz CT molecular complexity index is 728. The van der Waals surface area contributed by atoms with Crippen molar-refractivity contribution in [2.24, 2.45) is 4.99 Å². The molecule has 0 aliphatic carbocycles. The average Bonchev–Trinajstić information content (AvgIpc) is 3.02. The molecule has 0 radical (unpaired) electrons.